The van der Waals surface area contributed by atoms with Crippen LogP contribution in [0.25, 0.3) is 0 Å². The second kappa shape index (κ2) is 8.68. The molecule has 0 unspecified atom stereocenters. The Morgan fingerprint density at radius 3 is 2.50 bits per heavy atom. The standard InChI is InChI=1S/C19H30O9/c1-10-6-12(22)7-18(2,3)19(10,26)5-4-11(21)9-27-17-16(25)15(24)14(23)13(8-20)28-17/h4-6,11,13-17,20-21,23-26H,7-9H2,1-3H3/b5-4+/t11-,13+,14+,15-,16+,17+,19+/m0/s1. The minimum atomic E-state index is -1.57. The van der Waals surface area contributed by atoms with E-state index >= 15 is 0 Å². The molecule has 0 amide bonds. The number of ether oxygens (including phenoxy) is 2. The molecular formula is C19H30O9. The van der Waals surface area contributed by atoms with Gasteiger partial charge in [-0.1, -0.05) is 19.9 Å². The lowest BCUT2D eigenvalue weighted by Crippen LogP contribution is -2.59. The fourth-order valence-corrected chi connectivity index (χ4v) is 3.57. The fourth-order valence-electron chi connectivity index (χ4n) is 3.57. The lowest BCUT2D eigenvalue weighted by Gasteiger charge is -2.44. The molecule has 0 aromatic rings. The van der Waals surface area contributed by atoms with E-state index in [-0.39, 0.29) is 18.8 Å². The van der Waals surface area contributed by atoms with E-state index in [1.807, 2.05) is 0 Å². The van der Waals surface area contributed by atoms with Gasteiger partial charge < -0.3 is 40.1 Å². The van der Waals surface area contributed by atoms with Crippen LogP contribution in [0.3, 0.4) is 0 Å². The van der Waals surface area contributed by atoms with E-state index in [0.29, 0.717) is 5.57 Å². The molecule has 0 saturated carbocycles. The maximum Gasteiger partial charge on any atom is 0.186 e. The van der Waals surface area contributed by atoms with Crippen LogP contribution in [0, 0.1) is 5.41 Å². The maximum absolute atomic E-state index is 11.7. The van der Waals surface area contributed by atoms with Crippen LogP contribution in [0.1, 0.15) is 27.2 Å². The first kappa shape index (κ1) is 23.1. The molecule has 0 bridgehead atoms. The van der Waals surface area contributed by atoms with Crippen molar-refractivity contribution in [2.24, 2.45) is 5.41 Å². The third-order valence-electron chi connectivity index (χ3n) is 5.47. The third-order valence-corrected chi connectivity index (χ3v) is 5.47. The summed E-state index contributed by atoms with van der Waals surface area (Å²) in [6, 6.07) is 0. The number of rotatable bonds is 6. The predicted molar refractivity (Wildman–Crippen MR) is 97.0 cm³/mol. The zero-order valence-corrected chi connectivity index (χ0v) is 16.2. The Bertz CT molecular complexity index is 627. The zero-order valence-electron chi connectivity index (χ0n) is 16.2. The van der Waals surface area contributed by atoms with E-state index in [2.05, 4.69) is 0 Å². The molecule has 9 nitrogen and oxygen atoms in total. The highest BCUT2D eigenvalue weighted by Crippen LogP contribution is 2.44. The molecule has 6 N–H and O–H groups in total. The van der Waals surface area contributed by atoms with Crippen molar-refractivity contribution in [1.29, 1.82) is 0 Å². The zero-order chi connectivity index (χ0) is 21.3. The Morgan fingerprint density at radius 1 is 1.29 bits per heavy atom. The van der Waals surface area contributed by atoms with Gasteiger partial charge in [-0.05, 0) is 24.6 Å². The van der Waals surface area contributed by atoms with Crippen LogP contribution in [0.2, 0.25) is 0 Å². The van der Waals surface area contributed by atoms with Gasteiger partial charge in [0.1, 0.15) is 30.0 Å². The highest BCUT2D eigenvalue weighted by Gasteiger charge is 2.47. The summed E-state index contributed by atoms with van der Waals surface area (Å²) in [5.74, 6) is -0.0768. The predicted octanol–water partition coefficient (Wildman–Crippen LogP) is -1.60. The summed E-state index contributed by atoms with van der Waals surface area (Å²) in [6.07, 6.45) is -4.01. The Kier molecular flexibility index (Phi) is 7.17. The summed E-state index contributed by atoms with van der Waals surface area (Å²) in [5.41, 5.74) is -1.73. The molecule has 28 heavy (non-hydrogen) atoms. The first-order chi connectivity index (χ1) is 12.9. The lowest BCUT2D eigenvalue weighted by molar-refractivity contribution is -0.303. The summed E-state index contributed by atoms with van der Waals surface area (Å²) in [7, 11) is 0. The highest BCUT2D eigenvalue weighted by atomic mass is 16.7. The highest BCUT2D eigenvalue weighted by molar-refractivity contribution is 5.92. The molecular weight excluding hydrogens is 372 g/mol. The van der Waals surface area contributed by atoms with Crippen molar-refractivity contribution in [1.82, 2.24) is 0 Å². The van der Waals surface area contributed by atoms with Gasteiger partial charge in [-0.15, -0.1) is 0 Å². The van der Waals surface area contributed by atoms with Gasteiger partial charge in [-0.25, -0.2) is 0 Å². The van der Waals surface area contributed by atoms with Gasteiger partial charge in [0.15, 0.2) is 12.1 Å². The number of carbonyl (C=O) groups excluding carboxylic acids is 1. The minimum absolute atomic E-state index is 0.0768. The molecule has 9 heteroatoms. The van der Waals surface area contributed by atoms with Crippen LogP contribution in [0.15, 0.2) is 23.8 Å². The molecule has 1 aliphatic heterocycles. The Hall–Kier alpha value is -1.17. The fraction of sp³-hybridized carbons (Fsp3) is 0.737. The molecule has 1 saturated heterocycles. The summed E-state index contributed by atoms with van der Waals surface area (Å²) in [6.45, 7) is 4.22. The van der Waals surface area contributed by atoms with Crippen molar-refractivity contribution >= 4 is 5.78 Å². The Morgan fingerprint density at radius 2 is 1.93 bits per heavy atom. The lowest BCUT2D eigenvalue weighted by atomic mass is 9.64. The van der Waals surface area contributed by atoms with Gasteiger partial charge in [0, 0.05) is 11.8 Å². The molecule has 2 rings (SSSR count). The van der Waals surface area contributed by atoms with E-state index in [1.54, 1.807) is 20.8 Å². The molecule has 1 heterocycles. The van der Waals surface area contributed by atoms with E-state index < -0.39 is 54.4 Å². The van der Waals surface area contributed by atoms with Crippen LogP contribution in [-0.4, -0.2) is 92.0 Å². The molecule has 2 aliphatic rings. The van der Waals surface area contributed by atoms with E-state index in [4.69, 9.17) is 14.6 Å². The minimum Gasteiger partial charge on any atom is -0.394 e. The molecule has 0 aromatic heterocycles. The van der Waals surface area contributed by atoms with Gasteiger partial charge >= 0.3 is 0 Å². The number of allylic oxidation sites excluding steroid dienone is 1. The van der Waals surface area contributed by atoms with Gasteiger partial charge in [-0.2, -0.15) is 0 Å². The smallest absolute Gasteiger partial charge is 0.186 e. The molecule has 7 atom stereocenters. The third kappa shape index (κ3) is 4.52. The normalized spacial score (nSPS) is 39.8. The van der Waals surface area contributed by atoms with Crippen molar-refractivity contribution in [2.45, 2.75) is 69.6 Å². The van der Waals surface area contributed by atoms with Crippen molar-refractivity contribution in [3.63, 3.8) is 0 Å². The van der Waals surface area contributed by atoms with Crippen molar-refractivity contribution in [2.75, 3.05) is 13.2 Å². The monoisotopic (exact) mass is 402 g/mol. The summed E-state index contributed by atoms with van der Waals surface area (Å²) < 4.78 is 10.5. The number of aliphatic hydroxyl groups is 6. The van der Waals surface area contributed by atoms with Crippen LogP contribution < -0.4 is 0 Å². The number of hydrogen-bond acceptors (Lipinski definition) is 9. The number of hydrogen-bond donors (Lipinski definition) is 6. The molecule has 160 valence electrons. The first-order valence-electron chi connectivity index (χ1n) is 9.16. The SMILES string of the molecule is CC1=CC(=O)CC(C)(C)[C@@]1(O)/C=C/[C@H](O)CO[C@@H]1O[C@H](CO)[C@@H](O)[C@H](O)[C@H]1O. The first-order valence-corrected chi connectivity index (χ1v) is 9.16. The van der Waals surface area contributed by atoms with Crippen molar-refractivity contribution in [3.8, 4) is 0 Å². The largest absolute Gasteiger partial charge is 0.394 e. The maximum atomic E-state index is 11.7. The van der Waals surface area contributed by atoms with E-state index in [9.17, 15) is 30.3 Å². The average Bonchev–Trinajstić information content (AvgIpc) is 2.61. The van der Waals surface area contributed by atoms with E-state index in [1.165, 1.54) is 18.2 Å². The second-order valence-electron chi connectivity index (χ2n) is 8.08. The Balaban J connectivity index is 2.01. The quantitative estimate of drug-likeness (QED) is 0.288. The number of aliphatic hydroxyl groups excluding tert-OH is 5. The number of ketones is 1. The van der Waals surface area contributed by atoms with Crippen LogP contribution in [0.5, 0.6) is 0 Å². The van der Waals surface area contributed by atoms with Crippen LogP contribution >= 0.6 is 0 Å². The average molecular weight is 402 g/mol. The van der Waals surface area contributed by atoms with Gasteiger partial charge in [0.25, 0.3) is 0 Å². The van der Waals surface area contributed by atoms with Gasteiger partial charge in [-0.3, -0.25) is 4.79 Å². The molecule has 0 aromatic carbocycles. The topological polar surface area (TPSA) is 157 Å². The van der Waals surface area contributed by atoms with Crippen LogP contribution in [-0.2, 0) is 14.3 Å². The molecule has 0 radical (unpaired) electrons. The summed E-state index contributed by atoms with van der Waals surface area (Å²) >= 11 is 0. The Labute approximate surface area is 163 Å². The van der Waals surface area contributed by atoms with Crippen molar-refractivity contribution in [3.05, 3.63) is 23.8 Å². The molecule has 1 aliphatic carbocycles. The summed E-state index contributed by atoms with van der Waals surface area (Å²) in [5, 5.41) is 59.7. The second-order valence-corrected chi connectivity index (χ2v) is 8.08. The molecule has 0 spiro atoms. The summed E-state index contributed by atoms with van der Waals surface area (Å²) in [4.78, 5) is 11.7. The van der Waals surface area contributed by atoms with Crippen LogP contribution in [0.4, 0.5) is 0 Å². The molecule has 1 fully saturated rings. The van der Waals surface area contributed by atoms with Gasteiger partial charge in [0.05, 0.1) is 19.3 Å². The van der Waals surface area contributed by atoms with Crippen molar-refractivity contribution < 1.29 is 44.9 Å². The number of carbonyl (C=O) groups is 1. The van der Waals surface area contributed by atoms with E-state index in [0.717, 1.165) is 0 Å². The van der Waals surface area contributed by atoms with Gasteiger partial charge in [0.2, 0.25) is 0 Å².